The van der Waals surface area contributed by atoms with E-state index in [1.165, 1.54) is 31.6 Å². The Bertz CT molecular complexity index is 774. The topological polar surface area (TPSA) is 30.5 Å². The maximum absolute atomic E-state index is 14.2. The van der Waals surface area contributed by atoms with E-state index >= 15 is 0 Å². The average Bonchev–Trinajstić information content (AvgIpc) is 3.46. The second-order valence-electron chi connectivity index (χ2n) is 6.17. The number of hydrogen-bond donors (Lipinski definition) is 1. The molecule has 0 spiro atoms. The molecule has 5 heteroatoms. The Morgan fingerprint density at radius 3 is 2.72 bits per heavy atom. The predicted molar refractivity (Wildman–Crippen MR) is 102 cm³/mol. The first-order valence-corrected chi connectivity index (χ1v) is 8.91. The van der Waals surface area contributed by atoms with Gasteiger partial charge in [-0.1, -0.05) is 25.1 Å². The van der Waals surface area contributed by atoms with Gasteiger partial charge in [-0.15, -0.1) is 0 Å². The molecule has 0 bridgehead atoms. The molecular weight excluding hydrogens is 337 g/mol. The fourth-order valence-electron chi connectivity index (χ4n) is 2.85. The number of halogens is 1. The van der Waals surface area contributed by atoms with Crippen molar-refractivity contribution in [2.75, 3.05) is 12.4 Å². The summed E-state index contributed by atoms with van der Waals surface area (Å²) in [6, 6.07) is 11.2. The van der Waals surface area contributed by atoms with Crippen LogP contribution < -0.4 is 10.1 Å². The monoisotopic (exact) mass is 359 g/mol. The van der Waals surface area contributed by atoms with Gasteiger partial charge in [0, 0.05) is 11.3 Å². The Hall–Kier alpha value is -2.14. The minimum atomic E-state index is -0.329. The van der Waals surface area contributed by atoms with Crippen LogP contribution in [0.1, 0.15) is 42.4 Å². The molecule has 3 rings (SSSR count). The summed E-state index contributed by atoms with van der Waals surface area (Å²) in [5.74, 6) is 0.483. The zero-order chi connectivity index (χ0) is 17.8. The molecule has 2 aromatic carbocycles. The molecule has 1 N–H and O–H groups in total. The summed E-state index contributed by atoms with van der Waals surface area (Å²) in [5.41, 5.74) is 4.04. The highest BCUT2D eigenvalue weighted by atomic mass is 32.1. The van der Waals surface area contributed by atoms with E-state index < -0.39 is 0 Å². The van der Waals surface area contributed by atoms with Crippen molar-refractivity contribution in [1.29, 1.82) is 0 Å². The van der Waals surface area contributed by atoms with E-state index in [1.54, 1.807) is 6.07 Å². The van der Waals surface area contributed by atoms with E-state index in [4.69, 9.17) is 21.7 Å². The quantitative estimate of drug-likeness (QED) is 0.719. The highest BCUT2D eigenvalue weighted by molar-refractivity contribution is 7.80. The van der Waals surface area contributed by atoms with Gasteiger partial charge in [0.1, 0.15) is 6.61 Å². The number of aryl methyl sites for hydroxylation is 1. The first kappa shape index (κ1) is 17.7. The van der Waals surface area contributed by atoms with E-state index in [2.05, 4.69) is 11.4 Å². The van der Waals surface area contributed by atoms with Crippen LogP contribution in [0.3, 0.4) is 0 Å². The van der Waals surface area contributed by atoms with Gasteiger partial charge in [-0.3, -0.25) is 0 Å². The number of thiocarbonyl (C=S) groups is 1. The molecule has 1 saturated carbocycles. The minimum Gasteiger partial charge on any atom is -0.486 e. The summed E-state index contributed by atoms with van der Waals surface area (Å²) < 4.78 is 25.0. The Morgan fingerprint density at radius 2 is 2.08 bits per heavy atom. The van der Waals surface area contributed by atoms with Gasteiger partial charge in [0.05, 0.1) is 7.11 Å². The number of methoxy groups -OCH3 is 1. The summed E-state index contributed by atoms with van der Waals surface area (Å²) in [5, 5.41) is 3.39. The predicted octanol–water partition coefficient (Wildman–Crippen LogP) is 5.19. The second-order valence-corrected chi connectivity index (χ2v) is 6.54. The minimum absolute atomic E-state index is 0.267. The number of anilines is 1. The molecule has 1 aliphatic carbocycles. The normalized spacial score (nSPS) is 13.4. The van der Waals surface area contributed by atoms with Gasteiger partial charge in [0.25, 0.3) is 5.17 Å². The number of rotatable bonds is 6. The standard InChI is InChI=1S/C20H22FNO2S/c1-3-13-7-10-19(17(21)11-13)24-12-16-15(14-8-9-14)5-4-6-18(16)22-20(25)23-2/h4-7,10-11,14H,3,8-9,12H2,1-2H3,(H,22,25). The van der Waals surface area contributed by atoms with Gasteiger partial charge in [0.15, 0.2) is 11.6 Å². The van der Waals surface area contributed by atoms with E-state index in [1.807, 2.05) is 25.1 Å². The third-order valence-corrected chi connectivity index (χ3v) is 4.70. The zero-order valence-corrected chi connectivity index (χ0v) is 15.3. The lowest BCUT2D eigenvalue weighted by Crippen LogP contribution is -2.14. The molecule has 1 fully saturated rings. The lowest BCUT2D eigenvalue weighted by atomic mass is 10.0. The molecule has 2 aromatic rings. The number of ether oxygens (including phenoxy) is 2. The summed E-state index contributed by atoms with van der Waals surface area (Å²) >= 11 is 5.11. The zero-order valence-electron chi connectivity index (χ0n) is 14.5. The van der Waals surface area contributed by atoms with Crippen molar-refractivity contribution >= 4 is 23.1 Å². The second kappa shape index (κ2) is 7.83. The average molecular weight is 359 g/mol. The van der Waals surface area contributed by atoms with Gasteiger partial charge >= 0.3 is 0 Å². The molecule has 0 saturated heterocycles. The lowest BCUT2D eigenvalue weighted by molar-refractivity contribution is 0.289. The van der Waals surface area contributed by atoms with Crippen molar-refractivity contribution < 1.29 is 13.9 Å². The summed E-state index contributed by atoms with van der Waals surface area (Å²) in [7, 11) is 1.53. The largest absolute Gasteiger partial charge is 0.486 e. The summed E-state index contributed by atoms with van der Waals surface area (Å²) in [6.45, 7) is 2.28. The van der Waals surface area contributed by atoms with Crippen LogP contribution in [-0.4, -0.2) is 12.3 Å². The molecule has 25 heavy (non-hydrogen) atoms. The lowest BCUT2D eigenvalue weighted by Gasteiger charge is -2.17. The molecule has 1 aliphatic rings. The highest BCUT2D eigenvalue weighted by Crippen LogP contribution is 2.43. The maximum Gasteiger partial charge on any atom is 0.260 e. The van der Waals surface area contributed by atoms with Crippen molar-refractivity contribution in [3.63, 3.8) is 0 Å². The van der Waals surface area contributed by atoms with Crippen LogP contribution in [0, 0.1) is 5.82 Å². The van der Waals surface area contributed by atoms with Gasteiger partial charge in [-0.2, -0.15) is 0 Å². The number of hydrogen-bond acceptors (Lipinski definition) is 3. The molecule has 0 atom stereocenters. The smallest absolute Gasteiger partial charge is 0.260 e. The SMILES string of the molecule is CCc1ccc(OCc2c(NC(=S)OC)cccc2C2CC2)c(F)c1. The Kier molecular flexibility index (Phi) is 5.53. The number of nitrogens with one attached hydrogen (secondary N) is 1. The van der Waals surface area contributed by atoms with Crippen LogP contribution in [0.15, 0.2) is 36.4 Å². The molecule has 0 radical (unpaired) electrons. The summed E-state index contributed by atoms with van der Waals surface area (Å²) in [6.07, 6.45) is 3.14. The van der Waals surface area contributed by atoms with Crippen LogP contribution in [0.5, 0.6) is 5.75 Å². The van der Waals surface area contributed by atoms with Crippen LogP contribution >= 0.6 is 12.2 Å². The van der Waals surface area contributed by atoms with E-state index in [0.717, 1.165) is 23.2 Å². The van der Waals surface area contributed by atoms with E-state index in [0.29, 0.717) is 11.1 Å². The van der Waals surface area contributed by atoms with Gasteiger partial charge in [-0.25, -0.2) is 4.39 Å². The van der Waals surface area contributed by atoms with Gasteiger partial charge in [0.2, 0.25) is 0 Å². The molecule has 132 valence electrons. The molecule has 0 unspecified atom stereocenters. The third kappa shape index (κ3) is 4.28. The summed E-state index contributed by atoms with van der Waals surface area (Å²) in [4.78, 5) is 0. The van der Waals surface area contributed by atoms with Crippen molar-refractivity contribution in [1.82, 2.24) is 0 Å². The van der Waals surface area contributed by atoms with Crippen LogP contribution in [0.2, 0.25) is 0 Å². The Morgan fingerprint density at radius 1 is 1.28 bits per heavy atom. The molecule has 0 amide bonds. The molecule has 0 heterocycles. The Labute approximate surface area is 153 Å². The van der Waals surface area contributed by atoms with Crippen molar-refractivity contribution in [2.45, 2.75) is 38.7 Å². The van der Waals surface area contributed by atoms with E-state index in [-0.39, 0.29) is 18.2 Å². The highest BCUT2D eigenvalue weighted by Gasteiger charge is 2.27. The van der Waals surface area contributed by atoms with Crippen molar-refractivity contribution in [3.05, 3.63) is 58.9 Å². The van der Waals surface area contributed by atoms with Crippen molar-refractivity contribution in [2.24, 2.45) is 0 Å². The molecule has 0 aliphatic heterocycles. The fourth-order valence-corrected chi connectivity index (χ4v) is 2.96. The Balaban J connectivity index is 1.84. The molecule has 0 aromatic heterocycles. The third-order valence-electron chi connectivity index (χ3n) is 4.43. The first-order valence-electron chi connectivity index (χ1n) is 8.50. The molecule has 3 nitrogen and oxygen atoms in total. The molecular formula is C20H22FNO2S. The first-order chi connectivity index (χ1) is 12.1. The fraction of sp³-hybridized carbons (Fsp3) is 0.350. The number of benzene rings is 2. The van der Waals surface area contributed by atoms with Crippen LogP contribution in [0.4, 0.5) is 10.1 Å². The van der Waals surface area contributed by atoms with Crippen LogP contribution in [0.25, 0.3) is 0 Å². The van der Waals surface area contributed by atoms with Crippen molar-refractivity contribution in [3.8, 4) is 5.75 Å². The maximum atomic E-state index is 14.2. The van der Waals surface area contributed by atoms with E-state index in [9.17, 15) is 4.39 Å². The van der Waals surface area contributed by atoms with Crippen LogP contribution in [-0.2, 0) is 17.8 Å². The van der Waals surface area contributed by atoms with Gasteiger partial charge in [-0.05, 0) is 66.7 Å². The van der Waals surface area contributed by atoms with Gasteiger partial charge < -0.3 is 14.8 Å².